The van der Waals surface area contributed by atoms with Crippen molar-refractivity contribution in [1.29, 1.82) is 0 Å². The van der Waals surface area contributed by atoms with Crippen molar-refractivity contribution in [2.75, 3.05) is 6.61 Å². The molecule has 3 aliphatic rings. The van der Waals surface area contributed by atoms with Crippen molar-refractivity contribution in [2.45, 2.75) is 134 Å². The maximum atomic E-state index is 13.5. The van der Waals surface area contributed by atoms with Crippen molar-refractivity contribution in [1.82, 2.24) is 0 Å². The molecule has 0 N–H and O–H groups in total. The SMILES string of the molecule is C=C1CC(C)CC2CC=CC(C/C=C\C(=O)OC(C(/C=C/C3CC(C)=CCO3)O[Si](C)(C)C(C)(C)C)C/C=C\C(OC(=O)c3ccc([N+](=O)[O-])cc3)C1)O2. The molecule has 3 heterocycles. The van der Waals surface area contributed by atoms with E-state index in [2.05, 4.69) is 66.4 Å². The zero-order valence-corrected chi connectivity index (χ0v) is 34.0. The van der Waals surface area contributed by atoms with Crippen LogP contribution in [-0.2, 0) is 28.2 Å². The Bertz CT molecular complexity index is 1620. The van der Waals surface area contributed by atoms with Crippen LogP contribution in [0.3, 0.4) is 0 Å². The summed E-state index contributed by atoms with van der Waals surface area (Å²) in [4.78, 5) is 37.5. The summed E-state index contributed by atoms with van der Waals surface area (Å²) in [5.41, 5.74) is 2.25. The number of esters is 2. The van der Waals surface area contributed by atoms with Crippen molar-refractivity contribution < 1.29 is 37.9 Å². The molecular formula is C43H59NO9Si. The first-order chi connectivity index (χ1) is 25.5. The Hall–Kier alpha value is -3.90. The van der Waals surface area contributed by atoms with Crippen LogP contribution in [0.15, 0.2) is 96.7 Å². The van der Waals surface area contributed by atoms with Crippen LogP contribution in [0.25, 0.3) is 0 Å². The van der Waals surface area contributed by atoms with Gasteiger partial charge >= 0.3 is 11.9 Å². The highest BCUT2D eigenvalue weighted by Gasteiger charge is 2.41. The van der Waals surface area contributed by atoms with Gasteiger partial charge in [-0.2, -0.15) is 0 Å². The lowest BCUT2D eigenvalue weighted by molar-refractivity contribution is -0.384. The van der Waals surface area contributed by atoms with E-state index >= 15 is 0 Å². The molecule has 0 spiro atoms. The lowest BCUT2D eigenvalue weighted by Crippen LogP contribution is -2.47. The van der Waals surface area contributed by atoms with Gasteiger partial charge in [0.15, 0.2) is 8.32 Å². The first-order valence-electron chi connectivity index (χ1n) is 19.1. The Morgan fingerprint density at radius 3 is 2.46 bits per heavy atom. The second-order valence-corrected chi connectivity index (χ2v) is 21.1. The summed E-state index contributed by atoms with van der Waals surface area (Å²) in [7, 11) is -2.38. The van der Waals surface area contributed by atoms with Crippen molar-refractivity contribution in [3.63, 3.8) is 0 Å². The molecule has 54 heavy (non-hydrogen) atoms. The average Bonchev–Trinajstić information content (AvgIpc) is 3.08. The molecule has 10 nitrogen and oxygen atoms in total. The van der Waals surface area contributed by atoms with Crippen molar-refractivity contribution in [3.8, 4) is 0 Å². The van der Waals surface area contributed by atoms with E-state index in [9.17, 15) is 19.7 Å². The Labute approximate surface area is 322 Å². The van der Waals surface area contributed by atoms with Crippen LogP contribution < -0.4 is 0 Å². The topological polar surface area (TPSA) is 123 Å². The van der Waals surface area contributed by atoms with Gasteiger partial charge in [-0.1, -0.05) is 88.0 Å². The van der Waals surface area contributed by atoms with Gasteiger partial charge in [0.2, 0.25) is 0 Å². The molecule has 0 aromatic heterocycles. The van der Waals surface area contributed by atoms with Gasteiger partial charge in [-0.05, 0) is 81.3 Å². The molecule has 7 unspecified atom stereocenters. The van der Waals surface area contributed by atoms with E-state index in [1.165, 1.54) is 35.9 Å². The molecular weight excluding hydrogens is 703 g/mol. The smallest absolute Gasteiger partial charge is 0.338 e. The van der Waals surface area contributed by atoms with Gasteiger partial charge in [-0.15, -0.1) is 0 Å². The molecule has 11 heteroatoms. The van der Waals surface area contributed by atoms with E-state index in [0.29, 0.717) is 19.4 Å². The fraction of sp³-hybridized carbons (Fsp3) is 0.535. The zero-order valence-electron chi connectivity index (χ0n) is 33.0. The number of non-ortho nitro benzene ring substituents is 1. The molecule has 0 saturated carbocycles. The van der Waals surface area contributed by atoms with E-state index in [-0.39, 0.29) is 46.9 Å². The van der Waals surface area contributed by atoms with E-state index in [1.807, 2.05) is 30.4 Å². The minimum atomic E-state index is -2.38. The summed E-state index contributed by atoms with van der Waals surface area (Å²) in [5.74, 6) is -0.826. The number of nitro groups is 1. The number of hydrogen-bond donors (Lipinski definition) is 0. The molecule has 0 amide bonds. The van der Waals surface area contributed by atoms with Crippen LogP contribution in [0.2, 0.25) is 18.1 Å². The molecule has 1 aromatic rings. The van der Waals surface area contributed by atoms with Crippen molar-refractivity contribution in [2.24, 2.45) is 5.92 Å². The molecule has 2 bridgehead atoms. The molecule has 0 aliphatic carbocycles. The summed E-state index contributed by atoms with van der Waals surface area (Å²) < 4.78 is 31.6. The van der Waals surface area contributed by atoms with E-state index in [1.54, 1.807) is 6.08 Å². The zero-order chi connectivity index (χ0) is 39.5. The maximum absolute atomic E-state index is 13.5. The number of rotatable bonds is 8. The van der Waals surface area contributed by atoms with Crippen molar-refractivity contribution >= 4 is 25.9 Å². The van der Waals surface area contributed by atoms with Gasteiger partial charge in [0, 0.05) is 31.1 Å². The second kappa shape index (κ2) is 19.6. The first kappa shape index (κ1) is 42.8. The Balaban J connectivity index is 1.68. The molecule has 1 aromatic carbocycles. The molecule has 0 saturated heterocycles. The van der Waals surface area contributed by atoms with E-state index < -0.39 is 43.5 Å². The predicted octanol–water partition coefficient (Wildman–Crippen LogP) is 9.70. The number of carbonyl (C=O) groups excluding carboxylic acids is 2. The highest BCUT2D eigenvalue weighted by Crippen LogP contribution is 2.38. The number of benzene rings is 1. The second-order valence-electron chi connectivity index (χ2n) is 16.3. The van der Waals surface area contributed by atoms with Crippen molar-refractivity contribution in [3.05, 3.63) is 112 Å². The number of carbonyl (C=O) groups is 2. The predicted molar refractivity (Wildman–Crippen MR) is 214 cm³/mol. The lowest BCUT2D eigenvalue weighted by atomic mass is 9.91. The Morgan fingerprint density at radius 2 is 1.78 bits per heavy atom. The van der Waals surface area contributed by atoms with Gasteiger partial charge in [-0.25, -0.2) is 9.59 Å². The number of hydrogen-bond acceptors (Lipinski definition) is 9. The summed E-state index contributed by atoms with van der Waals surface area (Å²) in [6.45, 7) is 20.0. The fourth-order valence-electron chi connectivity index (χ4n) is 6.47. The quantitative estimate of drug-likeness (QED) is 0.0838. The summed E-state index contributed by atoms with van der Waals surface area (Å²) in [6, 6.07) is 5.34. The maximum Gasteiger partial charge on any atom is 0.338 e. The van der Waals surface area contributed by atoms with Gasteiger partial charge in [-0.3, -0.25) is 10.1 Å². The molecule has 0 fully saturated rings. The third-order valence-corrected chi connectivity index (χ3v) is 14.9. The molecule has 0 radical (unpaired) electrons. The fourth-order valence-corrected chi connectivity index (χ4v) is 7.73. The molecule has 7 atom stereocenters. The Morgan fingerprint density at radius 1 is 1.06 bits per heavy atom. The number of fused-ring (bicyclic) bond motifs is 2. The standard InChI is InChI=1S/C43H59NO9Si/c1-30-24-25-49-36(27-30)22-23-40(53-54(7,8)43(4,5)6)39-16-10-15-38(51-42(46)33-18-20-34(21-19-33)44(47)48)29-32(3)26-31(2)28-37-14-9-12-35(50-37)13-11-17-41(45)52-39/h9-12,15,17-24,31,35-40H,3,13-14,16,25-29H2,1-2,4-8H3/b15-10-,17-11-,23-22+. The van der Waals surface area contributed by atoms with Gasteiger partial charge in [0.25, 0.3) is 5.69 Å². The largest absolute Gasteiger partial charge is 0.456 e. The van der Waals surface area contributed by atoms with Gasteiger partial charge < -0.3 is 23.4 Å². The first-order valence-corrected chi connectivity index (χ1v) is 22.0. The molecule has 4 rings (SSSR count). The van der Waals surface area contributed by atoms with Crippen LogP contribution in [0.4, 0.5) is 5.69 Å². The van der Waals surface area contributed by atoms with Gasteiger partial charge in [0.1, 0.15) is 18.3 Å². The van der Waals surface area contributed by atoms with Crippen LogP contribution in [0.5, 0.6) is 0 Å². The number of cyclic esters (lactones) is 1. The van der Waals surface area contributed by atoms with Crippen LogP contribution in [-0.4, -0.2) is 68.4 Å². The third kappa shape index (κ3) is 13.4. The third-order valence-electron chi connectivity index (χ3n) is 10.5. The van der Waals surface area contributed by atoms with Gasteiger partial charge in [0.05, 0.1) is 35.4 Å². The minimum absolute atomic E-state index is 0.0366. The van der Waals surface area contributed by atoms with E-state index in [4.69, 9.17) is 23.4 Å². The van der Waals surface area contributed by atoms with Crippen LogP contribution in [0, 0.1) is 16.0 Å². The lowest BCUT2D eigenvalue weighted by Gasteiger charge is -2.40. The minimum Gasteiger partial charge on any atom is -0.456 e. The highest BCUT2D eigenvalue weighted by molar-refractivity contribution is 6.74. The summed E-state index contributed by atoms with van der Waals surface area (Å²) >= 11 is 0. The normalized spacial score (nSPS) is 28.2. The summed E-state index contributed by atoms with van der Waals surface area (Å²) in [5, 5.41) is 11.1. The highest BCUT2D eigenvalue weighted by atomic mass is 28.4. The molecule has 294 valence electrons. The number of nitrogens with zero attached hydrogens (tertiary/aromatic N) is 1. The number of nitro benzene ring substituents is 1. The van der Waals surface area contributed by atoms with Crippen LogP contribution >= 0.6 is 0 Å². The Kier molecular flexibility index (Phi) is 15.6. The van der Waals surface area contributed by atoms with E-state index in [0.717, 1.165) is 31.3 Å². The average molecular weight is 762 g/mol. The monoisotopic (exact) mass is 761 g/mol. The van der Waals surface area contributed by atoms with Crippen LogP contribution in [0.1, 0.15) is 89.9 Å². The number of ether oxygens (including phenoxy) is 4. The molecule has 3 aliphatic heterocycles. The summed E-state index contributed by atoms with van der Waals surface area (Å²) in [6.07, 6.45) is 19.3.